The van der Waals surface area contributed by atoms with Crippen molar-refractivity contribution >= 4 is 18.0 Å². The zero-order valence-electron chi connectivity index (χ0n) is 7.79. The summed E-state index contributed by atoms with van der Waals surface area (Å²) in [6, 6.07) is 8.14. The molecule has 0 fully saturated rings. The van der Waals surface area contributed by atoms with Gasteiger partial charge in [-0.2, -0.15) is 5.10 Å². The topological polar surface area (TPSA) is 100 Å². The highest BCUT2D eigenvalue weighted by Gasteiger charge is 2.00. The van der Waals surface area contributed by atoms with Crippen LogP contribution in [0.1, 0.15) is 5.56 Å². The quantitative estimate of drug-likeness (QED) is 0.381. The second-order valence-corrected chi connectivity index (χ2v) is 2.58. The van der Waals surface area contributed by atoms with Gasteiger partial charge in [0.25, 0.3) is 0 Å². The van der Waals surface area contributed by atoms with Gasteiger partial charge in [0.1, 0.15) is 5.71 Å². The Kier molecular flexibility index (Phi) is 3.84. The maximum Gasteiger partial charge on any atom is 0.332 e. The van der Waals surface area contributed by atoms with Crippen molar-refractivity contribution in [3.05, 3.63) is 35.9 Å². The lowest BCUT2D eigenvalue weighted by Gasteiger charge is -1.99. The van der Waals surface area contributed by atoms with E-state index in [1.165, 1.54) is 0 Å². The van der Waals surface area contributed by atoms with Crippen LogP contribution in [0.4, 0.5) is 4.79 Å². The van der Waals surface area contributed by atoms with E-state index >= 15 is 0 Å². The van der Waals surface area contributed by atoms with Gasteiger partial charge in [-0.05, 0) is 0 Å². The SMILES string of the molecule is NC(=O)N/N=C(/C=N/O)c1ccccc1. The fourth-order valence-corrected chi connectivity index (χ4v) is 0.947. The lowest BCUT2D eigenvalue weighted by atomic mass is 10.1. The molecule has 0 aromatic heterocycles. The summed E-state index contributed by atoms with van der Waals surface area (Å²) in [5.41, 5.74) is 7.91. The van der Waals surface area contributed by atoms with Crippen molar-refractivity contribution < 1.29 is 10.0 Å². The summed E-state index contributed by atoms with van der Waals surface area (Å²) in [6.45, 7) is 0. The predicted molar refractivity (Wildman–Crippen MR) is 56.0 cm³/mol. The molecule has 4 N–H and O–H groups in total. The first-order chi connectivity index (χ1) is 7.24. The Hall–Kier alpha value is -2.37. The highest BCUT2D eigenvalue weighted by atomic mass is 16.4. The molecule has 0 aliphatic carbocycles. The molecule has 0 aliphatic rings. The number of urea groups is 1. The molecule has 0 spiro atoms. The first-order valence-corrected chi connectivity index (χ1v) is 4.10. The smallest absolute Gasteiger partial charge is 0.332 e. The van der Waals surface area contributed by atoms with E-state index in [0.29, 0.717) is 11.3 Å². The van der Waals surface area contributed by atoms with Crippen LogP contribution in [0, 0.1) is 0 Å². The second kappa shape index (κ2) is 5.38. The van der Waals surface area contributed by atoms with Crippen LogP contribution in [0.25, 0.3) is 0 Å². The summed E-state index contributed by atoms with van der Waals surface area (Å²) in [7, 11) is 0. The van der Waals surface area contributed by atoms with E-state index in [-0.39, 0.29) is 0 Å². The molecule has 6 nitrogen and oxygen atoms in total. The van der Waals surface area contributed by atoms with Crippen LogP contribution in [0.15, 0.2) is 40.6 Å². The van der Waals surface area contributed by atoms with Crippen molar-refractivity contribution in [2.45, 2.75) is 0 Å². The van der Waals surface area contributed by atoms with Crippen molar-refractivity contribution in [2.24, 2.45) is 16.0 Å². The van der Waals surface area contributed by atoms with Gasteiger partial charge in [0.05, 0.1) is 6.21 Å². The molecule has 0 saturated carbocycles. The average Bonchev–Trinajstić information content (AvgIpc) is 2.25. The summed E-state index contributed by atoms with van der Waals surface area (Å²) in [6.07, 6.45) is 1.10. The average molecular weight is 206 g/mol. The van der Waals surface area contributed by atoms with Gasteiger partial charge in [0.15, 0.2) is 0 Å². The summed E-state index contributed by atoms with van der Waals surface area (Å²) in [4.78, 5) is 10.4. The lowest BCUT2D eigenvalue weighted by Crippen LogP contribution is -2.26. The summed E-state index contributed by atoms with van der Waals surface area (Å²) >= 11 is 0. The van der Waals surface area contributed by atoms with Crippen LogP contribution >= 0.6 is 0 Å². The Bertz CT molecular complexity index is 386. The Morgan fingerprint density at radius 1 is 1.40 bits per heavy atom. The van der Waals surface area contributed by atoms with Gasteiger partial charge >= 0.3 is 6.03 Å². The first kappa shape index (κ1) is 10.7. The number of amides is 2. The molecule has 1 aromatic rings. The fraction of sp³-hybridized carbons (Fsp3) is 0. The molecule has 15 heavy (non-hydrogen) atoms. The molecule has 2 amide bonds. The molecule has 1 aromatic carbocycles. The van der Waals surface area contributed by atoms with Crippen LogP contribution in [-0.4, -0.2) is 23.2 Å². The van der Waals surface area contributed by atoms with Crippen LogP contribution in [0.2, 0.25) is 0 Å². The minimum Gasteiger partial charge on any atom is -0.411 e. The normalized spacial score (nSPS) is 11.6. The number of carbonyl (C=O) groups is 1. The number of nitrogens with zero attached hydrogens (tertiary/aromatic N) is 2. The van der Waals surface area contributed by atoms with Crippen LogP contribution < -0.4 is 11.2 Å². The fourth-order valence-electron chi connectivity index (χ4n) is 0.947. The monoisotopic (exact) mass is 206 g/mol. The van der Waals surface area contributed by atoms with E-state index in [2.05, 4.69) is 15.7 Å². The number of hydrazone groups is 1. The molecular weight excluding hydrogens is 196 g/mol. The number of nitrogens with two attached hydrogens (primary N) is 1. The number of carbonyl (C=O) groups excluding carboxylic acids is 1. The Balaban J connectivity index is 2.93. The van der Waals surface area contributed by atoms with Gasteiger partial charge < -0.3 is 10.9 Å². The number of hydrogen-bond acceptors (Lipinski definition) is 4. The number of primary amides is 1. The molecule has 0 heterocycles. The zero-order valence-corrected chi connectivity index (χ0v) is 7.79. The van der Waals surface area contributed by atoms with Crippen molar-refractivity contribution in [3.8, 4) is 0 Å². The van der Waals surface area contributed by atoms with Crippen LogP contribution in [0.3, 0.4) is 0 Å². The third kappa shape index (κ3) is 3.47. The van der Waals surface area contributed by atoms with Crippen molar-refractivity contribution in [1.82, 2.24) is 5.43 Å². The minimum absolute atomic E-state index is 0.303. The Morgan fingerprint density at radius 2 is 2.07 bits per heavy atom. The van der Waals surface area contributed by atoms with Crippen molar-refractivity contribution in [2.75, 3.05) is 0 Å². The maximum absolute atomic E-state index is 10.4. The van der Waals surface area contributed by atoms with Gasteiger partial charge in [0, 0.05) is 5.56 Å². The van der Waals surface area contributed by atoms with E-state index < -0.39 is 6.03 Å². The minimum atomic E-state index is -0.783. The largest absolute Gasteiger partial charge is 0.411 e. The molecule has 78 valence electrons. The van der Waals surface area contributed by atoms with Gasteiger partial charge in [-0.25, -0.2) is 10.2 Å². The Labute approximate surface area is 86.1 Å². The van der Waals surface area contributed by atoms with Gasteiger partial charge in [-0.3, -0.25) is 0 Å². The van der Waals surface area contributed by atoms with E-state index in [0.717, 1.165) is 6.21 Å². The molecule has 0 atom stereocenters. The summed E-state index contributed by atoms with van der Waals surface area (Å²) < 4.78 is 0. The van der Waals surface area contributed by atoms with Gasteiger partial charge in [-0.1, -0.05) is 35.5 Å². The molecule has 0 unspecified atom stereocenters. The standard InChI is InChI=1S/C9H10N4O2/c10-9(14)13-12-8(6-11-15)7-4-2-1-3-5-7/h1-6,15H,(H3,10,13,14)/b11-6+,12-8-. The molecule has 0 aliphatic heterocycles. The third-order valence-electron chi connectivity index (χ3n) is 1.54. The molecule has 1 rings (SSSR count). The molecule has 0 bridgehead atoms. The Morgan fingerprint density at radius 3 is 2.60 bits per heavy atom. The number of rotatable bonds is 3. The van der Waals surface area contributed by atoms with Gasteiger partial charge in [-0.15, -0.1) is 0 Å². The van der Waals surface area contributed by atoms with E-state index in [1.807, 2.05) is 6.07 Å². The van der Waals surface area contributed by atoms with Crippen molar-refractivity contribution in [1.29, 1.82) is 0 Å². The molecule has 6 heteroatoms. The van der Waals surface area contributed by atoms with Crippen LogP contribution in [-0.2, 0) is 0 Å². The zero-order chi connectivity index (χ0) is 11.1. The number of hydrogen-bond donors (Lipinski definition) is 3. The molecule has 0 radical (unpaired) electrons. The number of oxime groups is 1. The third-order valence-corrected chi connectivity index (χ3v) is 1.54. The number of nitrogens with one attached hydrogen (secondary N) is 1. The van der Waals surface area contributed by atoms with Crippen LogP contribution in [0.5, 0.6) is 0 Å². The first-order valence-electron chi connectivity index (χ1n) is 4.10. The maximum atomic E-state index is 10.4. The summed E-state index contributed by atoms with van der Waals surface area (Å²) in [5.74, 6) is 0. The predicted octanol–water partition coefficient (Wildman–Crippen LogP) is 0.519. The molecular formula is C9H10N4O2. The van der Waals surface area contributed by atoms with Gasteiger partial charge in [0.2, 0.25) is 0 Å². The second-order valence-electron chi connectivity index (χ2n) is 2.58. The highest BCUT2D eigenvalue weighted by molar-refractivity contribution is 6.38. The highest BCUT2D eigenvalue weighted by Crippen LogP contribution is 1.99. The summed E-state index contributed by atoms with van der Waals surface area (Å²) in [5, 5.41) is 14.9. The molecule has 0 saturated heterocycles. The van der Waals surface area contributed by atoms with E-state index in [9.17, 15) is 4.79 Å². The van der Waals surface area contributed by atoms with E-state index in [1.54, 1.807) is 24.3 Å². The van der Waals surface area contributed by atoms with Crippen molar-refractivity contribution in [3.63, 3.8) is 0 Å². The van der Waals surface area contributed by atoms with E-state index in [4.69, 9.17) is 10.9 Å². The lowest BCUT2D eigenvalue weighted by molar-refractivity contribution is 0.249. The number of benzene rings is 1.